The van der Waals surface area contributed by atoms with Crippen molar-refractivity contribution < 1.29 is 18.0 Å². The van der Waals surface area contributed by atoms with Crippen LogP contribution in [0.3, 0.4) is 0 Å². The summed E-state index contributed by atoms with van der Waals surface area (Å²) in [6, 6.07) is 9.14. The van der Waals surface area contributed by atoms with Gasteiger partial charge in [0, 0.05) is 12.0 Å². The van der Waals surface area contributed by atoms with Gasteiger partial charge in [-0.3, -0.25) is 14.3 Å². The number of carbonyl (C=O) groups excluding carboxylic acids is 2. The molecule has 3 aromatic rings. The molecule has 3 rings (SSSR count). The summed E-state index contributed by atoms with van der Waals surface area (Å²) in [4.78, 5) is 27.4. The summed E-state index contributed by atoms with van der Waals surface area (Å²) in [6.45, 7) is 5.00. The largest absolute Gasteiger partial charge is 0.302 e. The Hall–Kier alpha value is -2.78. The highest BCUT2D eigenvalue weighted by Gasteiger charge is 2.17. The van der Waals surface area contributed by atoms with E-state index in [9.17, 15) is 18.0 Å². The van der Waals surface area contributed by atoms with E-state index in [-0.39, 0.29) is 16.6 Å². The highest BCUT2D eigenvalue weighted by atomic mass is 32.2. The average Bonchev–Trinajstić information content (AvgIpc) is 3.04. The van der Waals surface area contributed by atoms with Crippen LogP contribution in [0.4, 0.5) is 10.8 Å². The van der Waals surface area contributed by atoms with Crippen molar-refractivity contribution in [3.8, 4) is 0 Å². The Morgan fingerprint density at radius 3 is 2.43 bits per heavy atom. The second-order valence-corrected chi connectivity index (χ2v) is 8.96. The Bertz CT molecular complexity index is 1170. The third-order valence-corrected chi connectivity index (χ3v) is 6.39. The quantitative estimate of drug-likeness (QED) is 0.591. The van der Waals surface area contributed by atoms with E-state index < -0.39 is 10.0 Å². The molecule has 0 radical (unpaired) electrons. The lowest BCUT2D eigenvalue weighted by Gasteiger charge is -2.09. The van der Waals surface area contributed by atoms with Crippen molar-refractivity contribution in [1.82, 2.24) is 4.98 Å². The van der Waals surface area contributed by atoms with Gasteiger partial charge in [-0.05, 0) is 43.7 Å². The minimum absolute atomic E-state index is 0.0652. The maximum Gasteiger partial charge on any atom is 0.261 e. The molecule has 0 aliphatic heterocycles. The number of aryl methyl sites for hydroxylation is 1. The van der Waals surface area contributed by atoms with Crippen LogP contribution in [0.25, 0.3) is 10.2 Å². The van der Waals surface area contributed by atoms with Crippen LogP contribution in [0, 0.1) is 6.92 Å². The van der Waals surface area contributed by atoms with Gasteiger partial charge in [-0.2, -0.15) is 0 Å². The van der Waals surface area contributed by atoms with E-state index in [1.807, 2.05) is 6.92 Å². The van der Waals surface area contributed by atoms with Gasteiger partial charge in [0.1, 0.15) is 0 Å². The van der Waals surface area contributed by atoms with Crippen LogP contribution in [-0.2, 0) is 14.8 Å². The summed E-state index contributed by atoms with van der Waals surface area (Å²) in [7, 11) is -3.80. The van der Waals surface area contributed by atoms with E-state index in [0.717, 1.165) is 10.3 Å². The molecule has 146 valence electrons. The van der Waals surface area contributed by atoms with Crippen LogP contribution in [0.1, 0.15) is 36.2 Å². The summed E-state index contributed by atoms with van der Waals surface area (Å²) in [6.07, 6.45) is 0.350. The fourth-order valence-electron chi connectivity index (χ4n) is 2.60. The zero-order valence-electron chi connectivity index (χ0n) is 15.6. The van der Waals surface area contributed by atoms with Crippen molar-refractivity contribution in [2.24, 2.45) is 0 Å². The molecule has 28 heavy (non-hydrogen) atoms. The van der Waals surface area contributed by atoms with Gasteiger partial charge in [0.25, 0.3) is 10.0 Å². The molecule has 1 amide bonds. The fraction of sp³-hybridized carbons (Fsp3) is 0.211. The molecule has 0 aliphatic rings. The van der Waals surface area contributed by atoms with Crippen molar-refractivity contribution >= 4 is 54.1 Å². The van der Waals surface area contributed by atoms with Crippen LogP contribution < -0.4 is 10.0 Å². The van der Waals surface area contributed by atoms with Gasteiger partial charge in [0.05, 0.1) is 20.8 Å². The topological polar surface area (TPSA) is 105 Å². The van der Waals surface area contributed by atoms with E-state index in [1.54, 1.807) is 19.1 Å². The Labute approximate surface area is 166 Å². The van der Waals surface area contributed by atoms with Gasteiger partial charge >= 0.3 is 0 Å². The number of amides is 1. The van der Waals surface area contributed by atoms with Crippen LogP contribution >= 0.6 is 11.3 Å². The SMILES string of the molecule is CCC(=O)Nc1nc2c(C)cc(NS(=O)(=O)c3ccc(C(C)=O)cc3)cc2s1. The number of ketones is 1. The predicted octanol–water partition coefficient (Wildman–Crippen LogP) is 3.96. The van der Waals surface area contributed by atoms with Crippen molar-refractivity contribution in [2.45, 2.75) is 32.1 Å². The van der Waals surface area contributed by atoms with E-state index in [2.05, 4.69) is 15.0 Å². The van der Waals surface area contributed by atoms with Crippen LogP contribution in [0.5, 0.6) is 0 Å². The first kappa shape index (κ1) is 20.0. The van der Waals surface area contributed by atoms with Gasteiger partial charge in [-0.25, -0.2) is 13.4 Å². The fourth-order valence-corrected chi connectivity index (χ4v) is 4.64. The number of carbonyl (C=O) groups is 2. The Morgan fingerprint density at radius 2 is 1.82 bits per heavy atom. The molecule has 2 N–H and O–H groups in total. The van der Waals surface area contributed by atoms with Gasteiger partial charge in [-0.15, -0.1) is 0 Å². The molecule has 0 saturated heterocycles. The lowest BCUT2D eigenvalue weighted by atomic mass is 10.2. The molecule has 0 aliphatic carbocycles. The van der Waals surface area contributed by atoms with Gasteiger partial charge in [0.15, 0.2) is 10.9 Å². The lowest BCUT2D eigenvalue weighted by molar-refractivity contribution is -0.115. The van der Waals surface area contributed by atoms with Crippen molar-refractivity contribution in [1.29, 1.82) is 0 Å². The number of hydrogen-bond donors (Lipinski definition) is 2. The number of benzene rings is 2. The molecule has 0 fully saturated rings. The Kier molecular flexibility index (Phi) is 5.48. The highest BCUT2D eigenvalue weighted by molar-refractivity contribution is 7.92. The van der Waals surface area contributed by atoms with Crippen molar-refractivity contribution in [3.63, 3.8) is 0 Å². The Balaban J connectivity index is 1.90. The molecular formula is C19H19N3O4S2. The summed E-state index contributed by atoms with van der Waals surface area (Å²) in [5.41, 5.74) is 2.35. The first-order valence-corrected chi connectivity index (χ1v) is 10.8. The number of hydrogen-bond acceptors (Lipinski definition) is 6. The maximum absolute atomic E-state index is 12.7. The van der Waals surface area contributed by atoms with Crippen LogP contribution in [0.15, 0.2) is 41.3 Å². The first-order valence-electron chi connectivity index (χ1n) is 8.54. The highest BCUT2D eigenvalue weighted by Crippen LogP contribution is 2.32. The number of sulfonamides is 1. The smallest absolute Gasteiger partial charge is 0.261 e. The Morgan fingerprint density at radius 1 is 1.14 bits per heavy atom. The lowest BCUT2D eigenvalue weighted by Crippen LogP contribution is -2.13. The first-order chi connectivity index (χ1) is 13.2. The molecule has 2 aromatic carbocycles. The molecule has 0 spiro atoms. The number of Topliss-reactive ketones (excluding diaryl/α,β-unsaturated/α-hetero) is 1. The second kappa shape index (κ2) is 7.69. The van der Waals surface area contributed by atoms with E-state index in [0.29, 0.717) is 28.3 Å². The minimum Gasteiger partial charge on any atom is -0.302 e. The number of aromatic nitrogens is 1. The van der Waals surface area contributed by atoms with E-state index in [1.165, 1.54) is 42.5 Å². The van der Waals surface area contributed by atoms with Gasteiger partial charge in [0.2, 0.25) is 5.91 Å². The third-order valence-electron chi connectivity index (χ3n) is 4.08. The number of nitrogens with zero attached hydrogens (tertiary/aromatic N) is 1. The summed E-state index contributed by atoms with van der Waals surface area (Å²) in [5.74, 6) is -0.263. The second-order valence-electron chi connectivity index (χ2n) is 6.25. The number of thiazole rings is 1. The van der Waals surface area contributed by atoms with E-state index in [4.69, 9.17) is 0 Å². The van der Waals surface area contributed by atoms with Gasteiger partial charge in [-0.1, -0.05) is 30.4 Å². The molecule has 1 aromatic heterocycles. The molecule has 0 saturated carbocycles. The monoisotopic (exact) mass is 417 g/mol. The summed E-state index contributed by atoms with van der Waals surface area (Å²) >= 11 is 1.28. The predicted molar refractivity (Wildman–Crippen MR) is 111 cm³/mol. The van der Waals surface area contributed by atoms with Crippen molar-refractivity contribution in [3.05, 3.63) is 47.5 Å². The van der Waals surface area contributed by atoms with Crippen LogP contribution in [0.2, 0.25) is 0 Å². The van der Waals surface area contributed by atoms with Crippen molar-refractivity contribution in [2.75, 3.05) is 10.0 Å². The zero-order chi connectivity index (χ0) is 20.5. The zero-order valence-corrected chi connectivity index (χ0v) is 17.2. The molecule has 9 heteroatoms. The van der Waals surface area contributed by atoms with Crippen LogP contribution in [-0.4, -0.2) is 25.1 Å². The molecule has 0 atom stereocenters. The normalized spacial score (nSPS) is 11.4. The van der Waals surface area contributed by atoms with E-state index >= 15 is 0 Å². The molecule has 0 unspecified atom stereocenters. The number of anilines is 2. The molecule has 7 nitrogen and oxygen atoms in total. The van der Waals surface area contributed by atoms with Gasteiger partial charge < -0.3 is 5.32 Å². The standard InChI is InChI=1S/C19H19N3O4S2/c1-4-17(24)20-19-21-18-11(2)9-14(10-16(18)27-19)22-28(25,26)15-7-5-13(6-8-15)12(3)23/h5-10,22H,4H2,1-3H3,(H,20,21,24). The third kappa shape index (κ3) is 4.20. The summed E-state index contributed by atoms with van der Waals surface area (Å²) < 4.78 is 28.6. The number of nitrogens with one attached hydrogen (secondary N) is 2. The number of fused-ring (bicyclic) bond motifs is 1. The molecule has 0 bridgehead atoms. The average molecular weight is 418 g/mol. The molecule has 1 heterocycles. The minimum atomic E-state index is -3.80. The molecular weight excluding hydrogens is 398 g/mol. The summed E-state index contributed by atoms with van der Waals surface area (Å²) in [5, 5.41) is 3.20. The number of rotatable bonds is 6. The maximum atomic E-state index is 12.7.